The predicted molar refractivity (Wildman–Crippen MR) is 121 cm³/mol. The lowest BCUT2D eigenvalue weighted by atomic mass is 10.0. The molecule has 0 atom stereocenters. The zero-order valence-electron chi connectivity index (χ0n) is 16.7. The fourth-order valence-corrected chi connectivity index (χ4v) is 4.05. The molecule has 0 aliphatic carbocycles. The van der Waals surface area contributed by atoms with Crippen molar-refractivity contribution in [3.63, 3.8) is 0 Å². The third-order valence-corrected chi connectivity index (χ3v) is 5.72. The van der Waals surface area contributed by atoms with Crippen molar-refractivity contribution in [2.24, 2.45) is 0 Å². The molecule has 4 rings (SSSR count). The number of carbonyl (C=O) groups excluding carboxylic acids is 2. The van der Waals surface area contributed by atoms with Crippen LogP contribution in [-0.4, -0.2) is 36.3 Å². The van der Waals surface area contributed by atoms with E-state index in [1.165, 1.54) is 29.8 Å². The average molecular weight is 422 g/mol. The van der Waals surface area contributed by atoms with E-state index in [1.807, 2.05) is 12.1 Å². The van der Waals surface area contributed by atoms with Gasteiger partial charge >= 0.3 is 0 Å². The fourth-order valence-electron chi connectivity index (χ4n) is 3.92. The summed E-state index contributed by atoms with van der Waals surface area (Å²) in [6.45, 7) is 5.96. The Morgan fingerprint density at radius 3 is 2.23 bits per heavy atom. The van der Waals surface area contributed by atoms with E-state index in [2.05, 4.69) is 28.9 Å². The molecule has 1 fully saturated rings. The molecule has 6 heteroatoms. The average Bonchev–Trinajstić information content (AvgIpc) is 3.00. The second-order valence-corrected chi connectivity index (χ2v) is 7.92. The molecule has 0 spiro atoms. The zero-order valence-corrected chi connectivity index (χ0v) is 17.5. The standard InChI is InChI=1S/C24H24ClN3O2/c1-2-14-28-23(29)21(17-6-8-18(25)9-7-17)22(24(28)30)26-19-10-12-20(13-11-19)27-15-4-3-5-16-27/h2,6-13,26H,1,3-5,14-16H2. The van der Waals surface area contributed by atoms with E-state index < -0.39 is 0 Å². The molecule has 30 heavy (non-hydrogen) atoms. The molecule has 0 saturated carbocycles. The number of carbonyl (C=O) groups is 2. The molecule has 2 aromatic rings. The maximum Gasteiger partial charge on any atom is 0.278 e. The molecule has 2 heterocycles. The van der Waals surface area contributed by atoms with Crippen LogP contribution in [0.1, 0.15) is 24.8 Å². The number of halogens is 1. The first-order chi connectivity index (χ1) is 14.6. The van der Waals surface area contributed by atoms with Crippen molar-refractivity contribution in [2.45, 2.75) is 19.3 Å². The van der Waals surface area contributed by atoms with E-state index in [4.69, 9.17) is 11.6 Å². The lowest BCUT2D eigenvalue weighted by molar-refractivity contribution is -0.136. The predicted octanol–water partition coefficient (Wildman–Crippen LogP) is 4.71. The highest BCUT2D eigenvalue weighted by Crippen LogP contribution is 2.31. The summed E-state index contributed by atoms with van der Waals surface area (Å²) < 4.78 is 0. The third kappa shape index (κ3) is 3.98. The number of benzene rings is 2. The molecule has 1 N–H and O–H groups in total. The molecular weight excluding hydrogens is 398 g/mol. The van der Waals surface area contributed by atoms with Crippen molar-refractivity contribution >= 4 is 40.4 Å². The first-order valence-electron chi connectivity index (χ1n) is 10.2. The number of hydrogen-bond donors (Lipinski definition) is 1. The molecule has 2 aliphatic rings. The van der Waals surface area contributed by atoms with Gasteiger partial charge in [0.05, 0.1) is 5.57 Å². The first kappa shape index (κ1) is 20.2. The van der Waals surface area contributed by atoms with Crippen molar-refractivity contribution in [2.75, 3.05) is 29.9 Å². The van der Waals surface area contributed by atoms with Gasteiger partial charge in [0.15, 0.2) is 0 Å². The maximum absolute atomic E-state index is 13.0. The Labute approximate surface area is 181 Å². The lowest BCUT2D eigenvalue weighted by Crippen LogP contribution is -2.32. The Morgan fingerprint density at radius 2 is 1.60 bits per heavy atom. The van der Waals surface area contributed by atoms with E-state index in [0.717, 1.165) is 18.8 Å². The van der Waals surface area contributed by atoms with Gasteiger partial charge in [0.1, 0.15) is 5.70 Å². The number of rotatable bonds is 6. The van der Waals surface area contributed by atoms with Crippen LogP contribution in [0.4, 0.5) is 11.4 Å². The van der Waals surface area contributed by atoms with Gasteiger partial charge in [-0.2, -0.15) is 0 Å². The monoisotopic (exact) mass is 421 g/mol. The molecule has 0 aromatic heterocycles. The fraction of sp³-hybridized carbons (Fsp3) is 0.250. The minimum Gasteiger partial charge on any atom is -0.372 e. The molecule has 0 unspecified atom stereocenters. The van der Waals surface area contributed by atoms with Crippen LogP contribution in [0.25, 0.3) is 5.57 Å². The van der Waals surface area contributed by atoms with Crippen LogP contribution in [0.15, 0.2) is 66.9 Å². The van der Waals surface area contributed by atoms with Crippen LogP contribution in [-0.2, 0) is 9.59 Å². The number of imide groups is 1. The molecule has 2 aliphatic heterocycles. The zero-order chi connectivity index (χ0) is 21.1. The van der Waals surface area contributed by atoms with Gasteiger partial charge in [-0.3, -0.25) is 14.5 Å². The summed E-state index contributed by atoms with van der Waals surface area (Å²) in [7, 11) is 0. The summed E-state index contributed by atoms with van der Waals surface area (Å²) >= 11 is 6.00. The highest BCUT2D eigenvalue weighted by atomic mass is 35.5. The van der Waals surface area contributed by atoms with Crippen LogP contribution >= 0.6 is 11.6 Å². The van der Waals surface area contributed by atoms with Crippen molar-refractivity contribution in [1.82, 2.24) is 4.90 Å². The van der Waals surface area contributed by atoms with Crippen molar-refractivity contribution < 1.29 is 9.59 Å². The number of amides is 2. The van der Waals surface area contributed by atoms with E-state index in [1.54, 1.807) is 30.3 Å². The topological polar surface area (TPSA) is 52.7 Å². The summed E-state index contributed by atoms with van der Waals surface area (Å²) in [4.78, 5) is 29.5. The second-order valence-electron chi connectivity index (χ2n) is 7.49. The van der Waals surface area contributed by atoms with Gasteiger partial charge in [0, 0.05) is 36.0 Å². The van der Waals surface area contributed by atoms with Crippen molar-refractivity contribution in [3.8, 4) is 0 Å². The third-order valence-electron chi connectivity index (χ3n) is 5.47. The quantitative estimate of drug-likeness (QED) is 0.542. The SMILES string of the molecule is C=CCN1C(=O)C(Nc2ccc(N3CCCCC3)cc2)=C(c2ccc(Cl)cc2)C1=O. The molecule has 1 saturated heterocycles. The lowest BCUT2D eigenvalue weighted by Gasteiger charge is -2.28. The minimum atomic E-state index is -0.357. The Hall–Kier alpha value is -3.05. The normalized spacial score (nSPS) is 17.0. The Kier molecular flexibility index (Phi) is 5.91. The molecular formula is C24H24ClN3O2. The number of anilines is 2. The molecule has 2 aromatic carbocycles. The molecule has 2 amide bonds. The van der Waals surface area contributed by atoms with Crippen LogP contribution in [0, 0.1) is 0 Å². The van der Waals surface area contributed by atoms with Crippen LogP contribution < -0.4 is 10.2 Å². The number of hydrogen-bond acceptors (Lipinski definition) is 4. The van der Waals surface area contributed by atoms with Gasteiger partial charge in [-0.05, 0) is 61.2 Å². The van der Waals surface area contributed by atoms with Crippen LogP contribution in [0.5, 0.6) is 0 Å². The molecule has 5 nitrogen and oxygen atoms in total. The van der Waals surface area contributed by atoms with Gasteiger partial charge < -0.3 is 10.2 Å². The Morgan fingerprint density at radius 1 is 0.933 bits per heavy atom. The first-order valence-corrected chi connectivity index (χ1v) is 10.6. The van der Waals surface area contributed by atoms with Gasteiger partial charge in [-0.25, -0.2) is 0 Å². The number of nitrogens with one attached hydrogen (secondary N) is 1. The van der Waals surface area contributed by atoms with Crippen LogP contribution in [0.2, 0.25) is 5.02 Å². The van der Waals surface area contributed by atoms with E-state index in [9.17, 15) is 9.59 Å². The van der Waals surface area contributed by atoms with Crippen molar-refractivity contribution in [1.29, 1.82) is 0 Å². The minimum absolute atomic E-state index is 0.161. The smallest absolute Gasteiger partial charge is 0.278 e. The summed E-state index contributed by atoms with van der Waals surface area (Å²) in [5.41, 5.74) is 3.21. The van der Waals surface area contributed by atoms with Gasteiger partial charge in [0.2, 0.25) is 0 Å². The largest absolute Gasteiger partial charge is 0.372 e. The van der Waals surface area contributed by atoms with E-state index >= 15 is 0 Å². The maximum atomic E-state index is 13.0. The molecule has 154 valence electrons. The number of nitrogens with zero attached hydrogens (tertiary/aromatic N) is 2. The Bertz CT molecular complexity index is 990. The summed E-state index contributed by atoms with van der Waals surface area (Å²) in [5.74, 6) is -0.695. The molecule has 0 bridgehead atoms. The summed E-state index contributed by atoms with van der Waals surface area (Å²) in [6, 6.07) is 14.9. The van der Waals surface area contributed by atoms with E-state index in [0.29, 0.717) is 16.2 Å². The van der Waals surface area contributed by atoms with Crippen molar-refractivity contribution in [3.05, 3.63) is 77.5 Å². The second kappa shape index (κ2) is 8.76. The van der Waals surface area contributed by atoms with E-state index in [-0.39, 0.29) is 24.1 Å². The highest BCUT2D eigenvalue weighted by molar-refractivity contribution is 6.37. The summed E-state index contributed by atoms with van der Waals surface area (Å²) in [5, 5.41) is 3.76. The highest BCUT2D eigenvalue weighted by Gasteiger charge is 2.38. The van der Waals surface area contributed by atoms with Crippen LogP contribution in [0.3, 0.4) is 0 Å². The van der Waals surface area contributed by atoms with Gasteiger partial charge in [0.25, 0.3) is 11.8 Å². The summed E-state index contributed by atoms with van der Waals surface area (Å²) in [6.07, 6.45) is 5.26. The van der Waals surface area contributed by atoms with Gasteiger partial charge in [-0.15, -0.1) is 6.58 Å². The Balaban J connectivity index is 1.64. The van der Waals surface area contributed by atoms with Gasteiger partial charge in [-0.1, -0.05) is 29.8 Å². The molecule has 0 radical (unpaired) electrons. The number of piperidine rings is 1.